The molecule has 198 valence electrons. The summed E-state index contributed by atoms with van der Waals surface area (Å²) < 4.78 is 45.0. The Morgan fingerprint density at radius 1 is 1.11 bits per heavy atom. The van der Waals surface area contributed by atoms with Crippen LogP contribution in [0.25, 0.3) is 10.9 Å². The lowest BCUT2D eigenvalue weighted by molar-refractivity contribution is -0.170. The molecule has 0 aliphatic carbocycles. The number of anilines is 2. The van der Waals surface area contributed by atoms with Crippen LogP contribution < -0.4 is 10.2 Å². The van der Waals surface area contributed by atoms with Gasteiger partial charge < -0.3 is 15.3 Å². The topological polar surface area (TPSA) is 78.4 Å². The van der Waals surface area contributed by atoms with Crippen molar-refractivity contribution in [2.75, 3.05) is 10.2 Å². The third-order valence-corrected chi connectivity index (χ3v) is 7.08. The Morgan fingerprint density at radius 3 is 2.35 bits per heavy atom. The molecule has 2 heterocycles. The predicted octanol–water partition coefficient (Wildman–Crippen LogP) is 6.15. The number of nitrogens with zero attached hydrogens (tertiary/aromatic N) is 3. The number of benzene rings is 2. The lowest BCUT2D eigenvalue weighted by atomic mass is 9.85. The van der Waals surface area contributed by atoms with E-state index in [0.717, 1.165) is 31.2 Å². The average molecular weight is 515 g/mol. The Morgan fingerprint density at radius 2 is 1.76 bits per heavy atom. The van der Waals surface area contributed by atoms with Crippen molar-refractivity contribution in [1.29, 1.82) is 0 Å². The number of hydrogen-bond acceptors (Lipinski definition) is 5. The average Bonchev–Trinajstić information content (AvgIpc) is 2.96. The smallest absolute Gasteiger partial charge is 0.303 e. The normalized spacial score (nSPS) is 16.5. The molecule has 0 saturated carbocycles. The predicted molar refractivity (Wildman–Crippen MR) is 139 cm³/mol. The highest BCUT2D eigenvalue weighted by Gasteiger charge is 2.49. The first kappa shape index (κ1) is 26.9. The summed E-state index contributed by atoms with van der Waals surface area (Å²) in [4.78, 5) is 24.0. The fourth-order valence-electron chi connectivity index (χ4n) is 4.87. The minimum Gasteiger partial charge on any atom is -0.384 e. The molecule has 0 fully saturated rings. The van der Waals surface area contributed by atoms with Crippen LogP contribution in [0.4, 0.5) is 24.7 Å². The molecule has 0 saturated heterocycles. The Hall–Kier alpha value is -3.20. The fourth-order valence-corrected chi connectivity index (χ4v) is 4.87. The number of hydrogen-bond donors (Lipinski definition) is 2. The van der Waals surface area contributed by atoms with E-state index >= 15 is 4.39 Å². The first-order valence-electron chi connectivity index (χ1n) is 12.3. The highest BCUT2D eigenvalue weighted by atomic mass is 19.3. The first-order chi connectivity index (χ1) is 17.0. The quantitative estimate of drug-likeness (QED) is 0.413. The van der Waals surface area contributed by atoms with Crippen molar-refractivity contribution >= 4 is 28.3 Å². The number of aromatic nitrogens is 2. The molecule has 3 aromatic rings. The van der Waals surface area contributed by atoms with E-state index in [0.29, 0.717) is 22.5 Å². The van der Waals surface area contributed by atoms with E-state index in [1.165, 1.54) is 12.1 Å². The zero-order chi connectivity index (χ0) is 27.7. The van der Waals surface area contributed by atoms with Gasteiger partial charge in [0.1, 0.15) is 23.1 Å². The van der Waals surface area contributed by atoms with Gasteiger partial charge in [0.15, 0.2) is 0 Å². The number of rotatable bonds is 6. The third-order valence-electron chi connectivity index (χ3n) is 7.08. The Balaban J connectivity index is 1.81. The number of nitrogens with one attached hydrogen (secondary N) is 1. The Kier molecular flexibility index (Phi) is 6.30. The van der Waals surface area contributed by atoms with Crippen molar-refractivity contribution in [1.82, 2.24) is 9.97 Å². The summed E-state index contributed by atoms with van der Waals surface area (Å²) in [5.74, 6) is -4.04. The van der Waals surface area contributed by atoms with Gasteiger partial charge in [-0.2, -0.15) is 8.78 Å². The van der Waals surface area contributed by atoms with Gasteiger partial charge in [0, 0.05) is 22.7 Å². The van der Waals surface area contributed by atoms with Crippen LogP contribution in [0.3, 0.4) is 0 Å². The van der Waals surface area contributed by atoms with Crippen LogP contribution >= 0.6 is 0 Å². The van der Waals surface area contributed by atoms with Crippen molar-refractivity contribution < 1.29 is 23.1 Å². The van der Waals surface area contributed by atoms with Gasteiger partial charge in [-0.25, -0.2) is 14.4 Å². The molecule has 1 aliphatic rings. The van der Waals surface area contributed by atoms with E-state index in [1.54, 1.807) is 18.7 Å². The fraction of sp³-hybridized carbons (Fsp3) is 0.464. The second-order valence-electron chi connectivity index (χ2n) is 11.1. The molecule has 0 radical (unpaired) electrons. The number of alkyl halides is 2. The lowest BCUT2D eigenvalue weighted by Crippen LogP contribution is -2.41. The van der Waals surface area contributed by atoms with Crippen molar-refractivity contribution in [2.24, 2.45) is 0 Å². The minimum atomic E-state index is -3.80. The summed E-state index contributed by atoms with van der Waals surface area (Å²) in [6.07, 6.45) is 0. The van der Waals surface area contributed by atoms with Crippen molar-refractivity contribution in [2.45, 2.75) is 84.4 Å². The van der Waals surface area contributed by atoms with E-state index in [4.69, 9.17) is 0 Å². The number of aliphatic hydroxyl groups is 1. The summed E-state index contributed by atoms with van der Waals surface area (Å²) in [6, 6.07) is 6.68. The third kappa shape index (κ3) is 4.23. The van der Waals surface area contributed by atoms with Crippen molar-refractivity contribution in [3.63, 3.8) is 0 Å². The molecule has 0 bridgehead atoms. The SMILES string of the molecule is Cc1nc(N[C@H](C)c2cccc(C(F)(F)C(C)(C)O)c2F)c2cc3c(cc2n1)C(C)(C)C(=O)N3C(C)C. The number of carbonyl (C=O) groups excluding carboxylic acids is 1. The second kappa shape index (κ2) is 8.68. The molecule has 6 nitrogen and oxygen atoms in total. The van der Waals surface area contributed by atoms with Gasteiger partial charge in [0.2, 0.25) is 5.91 Å². The van der Waals surface area contributed by atoms with Crippen LogP contribution in [0, 0.1) is 12.7 Å². The first-order valence-corrected chi connectivity index (χ1v) is 12.3. The van der Waals surface area contributed by atoms with Crippen LogP contribution in [0.15, 0.2) is 30.3 Å². The zero-order valence-corrected chi connectivity index (χ0v) is 22.4. The van der Waals surface area contributed by atoms with Crippen molar-refractivity contribution in [3.8, 4) is 0 Å². The van der Waals surface area contributed by atoms with Gasteiger partial charge in [-0.3, -0.25) is 4.79 Å². The van der Waals surface area contributed by atoms with Gasteiger partial charge >= 0.3 is 5.92 Å². The molecule has 1 amide bonds. The molecule has 1 aliphatic heterocycles. The van der Waals surface area contributed by atoms with Gasteiger partial charge in [0.25, 0.3) is 0 Å². The molecule has 2 aromatic carbocycles. The van der Waals surface area contributed by atoms with E-state index in [-0.39, 0.29) is 17.5 Å². The Bertz CT molecular complexity index is 1400. The number of amides is 1. The van der Waals surface area contributed by atoms with E-state index in [2.05, 4.69) is 15.3 Å². The number of carbonyl (C=O) groups is 1. The standard InChI is InChI=1S/C28H33F3N4O2/c1-14(2)35-22-12-18-21(13-20(22)26(5,6)25(35)36)33-16(4)34-24(18)32-15(3)17-10-9-11-19(23(17)29)28(30,31)27(7,8)37/h9-15,37H,1-8H3,(H,32,33,34)/t15-/m1/s1. The highest BCUT2D eigenvalue weighted by molar-refractivity contribution is 6.10. The van der Waals surface area contributed by atoms with Gasteiger partial charge in [-0.05, 0) is 79.2 Å². The molecular weight excluding hydrogens is 481 g/mol. The second-order valence-corrected chi connectivity index (χ2v) is 11.1. The number of fused-ring (bicyclic) bond motifs is 2. The maximum Gasteiger partial charge on any atom is 0.303 e. The molecular formula is C28H33F3N4O2. The number of halogens is 3. The molecule has 37 heavy (non-hydrogen) atoms. The van der Waals surface area contributed by atoms with Crippen LogP contribution in [0.5, 0.6) is 0 Å². The summed E-state index contributed by atoms with van der Waals surface area (Å²) in [5, 5.41) is 13.7. The van der Waals surface area contributed by atoms with Crippen LogP contribution in [-0.2, 0) is 16.1 Å². The van der Waals surface area contributed by atoms with E-state index in [9.17, 15) is 18.7 Å². The van der Waals surface area contributed by atoms with Gasteiger partial charge in [0.05, 0.1) is 22.5 Å². The van der Waals surface area contributed by atoms with Crippen LogP contribution in [-0.4, -0.2) is 32.6 Å². The van der Waals surface area contributed by atoms with Gasteiger partial charge in [-0.1, -0.05) is 12.1 Å². The zero-order valence-electron chi connectivity index (χ0n) is 22.4. The van der Waals surface area contributed by atoms with Crippen LogP contribution in [0.2, 0.25) is 0 Å². The molecule has 9 heteroatoms. The van der Waals surface area contributed by atoms with Gasteiger partial charge in [-0.15, -0.1) is 0 Å². The maximum atomic E-state index is 15.4. The monoisotopic (exact) mass is 514 g/mol. The number of aryl methyl sites for hydroxylation is 1. The lowest BCUT2D eigenvalue weighted by Gasteiger charge is -2.30. The largest absolute Gasteiger partial charge is 0.384 e. The van der Waals surface area contributed by atoms with E-state index in [1.807, 2.05) is 39.8 Å². The molecule has 4 rings (SSSR count). The molecule has 1 aromatic heterocycles. The summed E-state index contributed by atoms with van der Waals surface area (Å²) >= 11 is 0. The molecule has 0 unspecified atom stereocenters. The van der Waals surface area contributed by atoms with Crippen molar-refractivity contribution in [3.05, 3.63) is 58.7 Å². The molecule has 2 N–H and O–H groups in total. The Labute approximate surface area is 214 Å². The molecule has 0 spiro atoms. The summed E-state index contributed by atoms with van der Waals surface area (Å²) in [6.45, 7) is 12.9. The minimum absolute atomic E-state index is 0.00659. The maximum absolute atomic E-state index is 15.4. The van der Waals surface area contributed by atoms with Crippen LogP contribution in [0.1, 0.15) is 77.0 Å². The summed E-state index contributed by atoms with van der Waals surface area (Å²) in [7, 11) is 0. The molecule has 1 atom stereocenters. The van der Waals surface area contributed by atoms with E-state index < -0.39 is 34.4 Å². The highest BCUT2D eigenvalue weighted by Crippen LogP contribution is 2.46. The summed E-state index contributed by atoms with van der Waals surface area (Å²) in [5.41, 5.74) is -1.79.